The van der Waals surface area contributed by atoms with Crippen LogP contribution in [0.3, 0.4) is 0 Å². The number of aryl methyl sites for hydroxylation is 1. The lowest BCUT2D eigenvalue weighted by atomic mass is 10.1. The van der Waals surface area contributed by atoms with Gasteiger partial charge in [-0.1, -0.05) is 26.8 Å². The zero-order valence-corrected chi connectivity index (χ0v) is 16.5. The zero-order chi connectivity index (χ0) is 18.1. The molecule has 0 fully saturated rings. The van der Waals surface area contributed by atoms with Crippen LogP contribution in [0.4, 0.5) is 0 Å². The molecule has 2 rings (SSSR count). The Labute approximate surface area is 154 Å². The maximum atomic E-state index is 4.73. The molecule has 25 heavy (non-hydrogen) atoms. The Balaban J connectivity index is 1.91. The molecule has 2 aromatic heterocycles. The second kappa shape index (κ2) is 10.2. The lowest BCUT2D eigenvalue weighted by Gasteiger charge is -2.18. The maximum Gasteiger partial charge on any atom is 0.191 e. The molecule has 0 saturated carbocycles. The molecule has 2 heterocycles. The summed E-state index contributed by atoms with van der Waals surface area (Å²) in [5.41, 5.74) is 0. The highest BCUT2D eigenvalue weighted by Gasteiger charge is 2.09. The van der Waals surface area contributed by atoms with Crippen LogP contribution in [0.2, 0.25) is 0 Å². The van der Waals surface area contributed by atoms with Crippen LogP contribution >= 0.6 is 11.3 Å². The van der Waals surface area contributed by atoms with Crippen LogP contribution in [-0.4, -0.2) is 33.8 Å². The van der Waals surface area contributed by atoms with Crippen molar-refractivity contribution in [1.82, 2.24) is 25.4 Å². The number of rotatable bonds is 9. The fraction of sp³-hybridized carbons (Fsp3) is 0.611. The minimum Gasteiger partial charge on any atom is -0.355 e. The van der Waals surface area contributed by atoms with Gasteiger partial charge in [-0.25, -0.2) is 0 Å². The van der Waals surface area contributed by atoms with E-state index in [-0.39, 0.29) is 6.04 Å². The molecule has 2 N–H and O–H groups in total. The normalized spacial score (nSPS) is 13.2. The molecular weight excluding hydrogens is 332 g/mol. The van der Waals surface area contributed by atoms with Gasteiger partial charge in [-0.05, 0) is 30.7 Å². The maximum absolute atomic E-state index is 4.73. The molecule has 0 bridgehead atoms. The van der Waals surface area contributed by atoms with Crippen molar-refractivity contribution in [3.63, 3.8) is 0 Å². The molecule has 1 unspecified atom stereocenters. The van der Waals surface area contributed by atoms with E-state index in [4.69, 9.17) is 4.99 Å². The third-order valence-corrected chi connectivity index (χ3v) is 5.01. The molecule has 0 aliphatic heterocycles. The fourth-order valence-corrected chi connectivity index (χ4v) is 3.17. The largest absolute Gasteiger partial charge is 0.355 e. The summed E-state index contributed by atoms with van der Waals surface area (Å²) in [5, 5.41) is 17.2. The third-order valence-electron chi connectivity index (χ3n) is 3.96. The van der Waals surface area contributed by atoms with Gasteiger partial charge >= 0.3 is 0 Å². The first-order chi connectivity index (χ1) is 12.1. The molecule has 0 aromatic carbocycles. The van der Waals surface area contributed by atoms with Gasteiger partial charge in [0.1, 0.15) is 12.2 Å². The molecular formula is C18H30N6S. The lowest BCUT2D eigenvalue weighted by Crippen LogP contribution is -2.40. The molecule has 6 nitrogen and oxygen atoms in total. The van der Waals surface area contributed by atoms with Crippen molar-refractivity contribution < 1.29 is 0 Å². The number of hydrogen-bond acceptors (Lipinski definition) is 4. The van der Waals surface area contributed by atoms with Crippen molar-refractivity contribution in [3.05, 3.63) is 34.5 Å². The Morgan fingerprint density at radius 1 is 1.36 bits per heavy atom. The molecule has 0 radical (unpaired) electrons. The summed E-state index contributed by atoms with van der Waals surface area (Å²) in [5.74, 6) is 2.54. The predicted octanol–water partition coefficient (Wildman–Crippen LogP) is 3.24. The molecule has 2 aromatic rings. The predicted molar refractivity (Wildman–Crippen MR) is 105 cm³/mol. The van der Waals surface area contributed by atoms with Gasteiger partial charge in [-0.15, -0.1) is 21.5 Å². The smallest absolute Gasteiger partial charge is 0.191 e. The number of guanidine groups is 1. The Morgan fingerprint density at radius 3 is 2.88 bits per heavy atom. The van der Waals surface area contributed by atoms with Gasteiger partial charge < -0.3 is 15.2 Å². The number of nitrogens with one attached hydrogen (secondary N) is 2. The lowest BCUT2D eigenvalue weighted by molar-refractivity contribution is 0.587. The van der Waals surface area contributed by atoms with Crippen molar-refractivity contribution in [2.24, 2.45) is 10.9 Å². The molecule has 1 atom stereocenters. The van der Waals surface area contributed by atoms with Gasteiger partial charge in [-0.2, -0.15) is 0 Å². The summed E-state index contributed by atoms with van der Waals surface area (Å²) >= 11 is 1.76. The average molecular weight is 363 g/mol. The number of hydrogen-bond donors (Lipinski definition) is 2. The molecule has 7 heteroatoms. The van der Waals surface area contributed by atoms with Crippen molar-refractivity contribution in [2.75, 3.05) is 13.1 Å². The summed E-state index contributed by atoms with van der Waals surface area (Å²) < 4.78 is 2.08. The molecule has 0 spiro atoms. The van der Waals surface area contributed by atoms with E-state index in [1.807, 2.05) is 0 Å². The summed E-state index contributed by atoms with van der Waals surface area (Å²) in [6.45, 7) is 11.2. The Morgan fingerprint density at radius 2 is 2.20 bits per heavy atom. The summed E-state index contributed by atoms with van der Waals surface area (Å²) in [6.07, 6.45) is 3.77. The van der Waals surface area contributed by atoms with Crippen LogP contribution in [0.5, 0.6) is 0 Å². The quantitative estimate of drug-likeness (QED) is 0.531. The van der Waals surface area contributed by atoms with Crippen LogP contribution in [-0.2, 0) is 13.0 Å². The van der Waals surface area contributed by atoms with Crippen molar-refractivity contribution >= 4 is 17.3 Å². The van der Waals surface area contributed by atoms with Gasteiger partial charge in [0.2, 0.25) is 0 Å². The highest BCUT2D eigenvalue weighted by atomic mass is 32.1. The topological polar surface area (TPSA) is 67.1 Å². The van der Waals surface area contributed by atoms with Crippen LogP contribution in [0, 0.1) is 5.92 Å². The highest BCUT2D eigenvalue weighted by molar-refractivity contribution is 7.10. The Kier molecular flexibility index (Phi) is 7.91. The Bertz CT molecular complexity index is 632. The van der Waals surface area contributed by atoms with E-state index in [9.17, 15) is 0 Å². The van der Waals surface area contributed by atoms with E-state index in [1.54, 1.807) is 17.7 Å². The molecule has 0 saturated heterocycles. The van der Waals surface area contributed by atoms with E-state index >= 15 is 0 Å². The minimum absolute atomic E-state index is 0.242. The summed E-state index contributed by atoms with van der Waals surface area (Å²) in [7, 11) is 0. The van der Waals surface area contributed by atoms with Crippen LogP contribution in [0.1, 0.15) is 50.9 Å². The van der Waals surface area contributed by atoms with Gasteiger partial charge in [0.25, 0.3) is 0 Å². The van der Waals surface area contributed by atoms with Crippen molar-refractivity contribution in [3.8, 4) is 0 Å². The van der Waals surface area contributed by atoms with Gasteiger partial charge in [-0.3, -0.25) is 4.99 Å². The summed E-state index contributed by atoms with van der Waals surface area (Å²) in [4.78, 5) is 6.04. The number of aliphatic imine (C=N–C) groups is 1. The minimum atomic E-state index is 0.242. The number of nitrogens with zero attached hydrogens (tertiary/aromatic N) is 4. The summed E-state index contributed by atoms with van der Waals surface area (Å²) in [6, 6.07) is 4.48. The first-order valence-corrected chi connectivity index (χ1v) is 9.93. The second-order valence-electron chi connectivity index (χ2n) is 6.52. The first kappa shape index (κ1) is 19.4. The zero-order valence-electron chi connectivity index (χ0n) is 15.7. The van der Waals surface area contributed by atoms with Crippen molar-refractivity contribution in [1.29, 1.82) is 0 Å². The van der Waals surface area contributed by atoms with Crippen LogP contribution in [0.25, 0.3) is 0 Å². The average Bonchev–Trinajstić information content (AvgIpc) is 3.25. The van der Waals surface area contributed by atoms with E-state index in [0.717, 1.165) is 44.3 Å². The van der Waals surface area contributed by atoms with E-state index in [0.29, 0.717) is 5.92 Å². The number of aromatic nitrogens is 3. The van der Waals surface area contributed by atoms with E-state index in [2.05, 4.69) is 70.6 Å². The third kappa shape index (κ3) is 6.49. The highest BCUT2D eigenvalue weighted by Crippen LogP contribution is 2.17. The molecule has 0 amide bonds. The van der Waals surface area contributed by atoms with E-state index in [1.165, 1.54) is 4.88 Å². The van der Waals surface area contributed by atoms with Gasteiger partial charge in [0.05, 0.1) is 6.04 Å². The molecule has 0 aliphatic carbocycles. The van der Waals surface area contributed by atoms with Crippen LogP contribution in [0.15, 0.2) is 28.8 Å². The van der Waals surface area contributed by atoms with Gasteiger partial charge in [0.15, 0.2) is 5.96 Å². The van der Waals surface area contributed by atoms with Gasteiger partial charge in [0, 0.05) is 30.9 Å². The van der Waals surface area contributed by atoms with E-state index < -0.39 is 0 Å². The second-order valence-corrected chi connectivity index (χ2v) is 7.49. The fourth-order valence-electron chi connectivity index (χ4n) is 2.44. The van der Waals surface area contributed by atoms with Crippen molar-refractivity contribution in [2.45, 2.75) is 53.1 Å². The molecule has 138 valence electrons. The Hall–Kier alpha value is -1.89. The standard InChI is InChI=1S/C18H30N6S/c1-5-17-23-21-13-24(17)11-10-20-18(19-9-8-14(2)3)22-15(4)16-7-6-12-25-16/h6-7,12-15H,5,8-11H2,1-4H3,(H2,19,20,22). The monoisotopic (exact) mass is 362 g/mol. The van der Waals surface area contributed by atoms with Crippen LogP contribution < -0.4 is 10.6 Å². The SMILES string of the molecule is CCc1nncn1CCNC(=NCCC(C)C)NC(C)c1cccs1. The first-order valence-electron chi connectivity index (χ1n) is 9.05. The number of thiophene rings is 1. The molecule has 0 aliphatic rings.